The Morgan fingerprint density at radius 3 is 2.50 bits per heavy atom. The number of piperazine rings is 1. The van der Waals surface area contributed by atoms with Crippen molar-refractivity contribution < 1.29 is 9.84 Å². The molecular formula is C22H35N5O2S. The number of hydrogen-bond donors (Lipinski definition) is 1. The highest BCUT2D eigenvalue weighted by Crippen LogP contribution is 2.36. The van der Waals surface area contributed by atoms with Crippen molar-refractivity contribution in [1.82, 2.24) is 19.8 Å². The Hall–Kier alpha value is -1.32. The van der Waals surface area contributed by atoms with Gasteiger partial charge in [0.1, 0.15) is 16.5 Å². The summed E-state index contributed by atoms with van der Waals surface area (Å²) < 4.78 is 5.49. The number of hydrogen-bond acceptors (Lipinski definition) is 8. The quantitative estimate of drug-likeness (QED) is 0.777. The smallest absolute Gasteiger partial charge is 0.146 e. The molecule has 1 atom stereocenters. The van der Waals surface area contributed by atoms with Gasteiger partial charge in [-0.1, -0.05) is 0 Å². The van der Waals surface area contributed by atoms with E-state index in [-0.39, 0.29) is 0 Å². The largest absolute Gasteiger partial charge is 0.389 e. The van der Waals surface area contributed by atoms with Gasteiger partial charge in [0.25, 0.3) is 0 Å². The van der Waals surface area contributed by atoms with E-state index in [2.05, 4.69) is 35.5 Å². The average Bonchev–Trinajstić information content (AvgIpc) is 2.95. The number of aliphatic hydroxyl groups is 1. The summed E-state index contributed by atoms with van der Waals surface area (Å²) in [6, 6.07) is 0.329. The zero-order valence-electron chi connectivity index (χ0n) is 18.9. The molecule has 0 amide bonds. The first-order valence-electron chi connectivity index (χ1n) is 11.0. The van der Waals surface area contributed by atoms with Crippen LogP contribution in [0.1, 0.15) is 37.0 Å². The van der Waals surface area contributed by atoms with Gasteiger partial charge in [-0.25, -0.2) is 9.97 Å². The average molecular weight is 434 g/mol. The van der Waals surface area contributed by atoms with Crippen LogP contribution in [-0.4, -0.2) is 89.0 Å². The highest BCUT2D eigenvalue weighted by molar-refractivity contribution is 7.18. The van der Waals surface area contributed by atoms with E-state index < -0.39 is 5.60 Å². The summed E-state index contributed by atoms with van der Waals surface area (Å²) >= 11 is 1.78. The van der Waals surface area contributed by atoms with E-state index in [1.54, 1.807) is 11.3 Å². The van der Waals surface area contributed by atoms with Crippen LogP contribution in [0.5, 0.6) is 0 Å². The molecule has 0 aromatic carbocycles. The van der Waals surface area contributed by atoms with Crippen LogP contribution in [-0.2, 0) is 11.3 Å². The summed E-state index contributed by atoms with van der Waals surface area (Å²) in [5.41, 5.74) is 0.630. The Balaban J connectivity index is 1.63. The van der Waals surface area contributed by atoms with Crippen LogP contribution in [0.2, 0.25) is 0 Å². The standard InChI is InChI=1S/C22H35N5O2S/c1-15-12-26(14-22(4,5)28)6-7-27(15)20-19-16(2)17(3)30-21(19)24-18(23-20)13-25-8-10-29-11-9-25/h15,28H,6-14H2,1-5H3. The van der Waals surface area contributed by atoms with Crippen molar-refractivity contribution in [2.24, 2.45) is 0 Å². The molecule has 2 fully saturated rings. The predicted octanol–water partition coefficient (Wildman–Crippen LogP) is 2.42. The van der Waals surface area contributed by atoms with E-state index >= 15 is 0 Å². The van der Waals surface area contributed by atoms with E-state index in [0.29, 0.717) is 12.6 Å². The van der Waals surface area contributed by atoms with Crippen LogP contribution >= 0.6 is 11.3 Å². The summed E-state index contributed by atoms with van der Waals surface area (Å²) in [5.74, 6) is 1.99. The van der Waals surface area contributed by atoms with Crippen molar-refractivity contribution in [2.75, 3.05) is 57.4 Å². The van der Waals surface area contributed by atoms with Crippen LogP contribution in [0.4, 0.5) is 5.82 Å². The molecular weight excluding hydrogens is 398 g/mol. The lowest BCUT2D eigenvalue weighted by Crippen LogP contribution is -2.55. The van der Waals surface area contributed by atoms with E-state index in [1.807, 2.05) is 13.8 Å². The van der Waals surface area contributed by atoms with Crippen LogP contribution in [0.15, 0.2) is 0 Å². The molecule has 8 heteroatoms. The molecule has 4 rings (SSSR count). The summed E-state index contributed by atoms with van der Waals surface area (Å²) in [4.78, 5) is 19.7. The fourth-order valence-electron chi connectivity index (χ4n) is 4.55. The predicted molar refractivity (Wildman–Crippen MR) is 123 cm³/mol. The Bertz CT molecular complexity index is 888. The van der Waals surface area contributed by atoms with Crippen LogP contribution < -0.4 is 4.90 Å². The van der Waals surface area contributed by atoms with Crippen LogP contribution in [0.3, 0.4) is 0 Å². The number of anilines is 1. The molecule has 30 heavy (non-hydrogen) atoms. The van der Waals surface area contributed by atoms with Crippen LogP contribution in [0.25, 0.3) is 10.2 Å². The molecule has 0 radical (unpaired) electrons. The fourth-order valence-corrected chi connectivity index (χ4v) is 5.59. The molecule has 2 saturated heterocycles. The highest BCUT2D eigenvalue weighted by Gasteiger charge is 2.30. The lowest BCUT2D eigenvalue weighted by atomic mass is 10.1. The van der Waals surface area contributed by atoms with E-state index in [9.17, 15) is 5.11 Å². The molecule has 2 aliphatic rings. The third-order valence-electron chi connectivity index (χ3n) is 6.12. The van der Waals surface area contributed by atoms with Gasteiger partial charge in [-0.3, -0.25) is 9.80 Å². The fraction of sp³-hybridized carbons (Fsp3) is 0.727. The molecule has 0 aliphatic carbocycles. The molecule has 1 N–H and O–H groups in total. The van der Waals surface area contributed by atoms with E-state index in [4.69, 9.17) is 14.7 Å². The topological polar surface area (TPSA) is 65.0 Å². The Labute approximate surface area is 183 Å². The summed E-state index contributed by atoms with van der Waals surface area (Å²) in [6.07, 6.45) is 0. The molecule has 2 aromatic rings. The van der Waals surface area contributed by atoms with Gasteiger partial charge in [0.2, 0.25) is 0 Å². The number of morpholine rings is 1. The van der Waals surface area contributed by atoms with Crippen molar-refractivity contribution in [3.05, 3.63) is 16.3 Å². The number of β-amino-alcohol motifs (C(OH)–C–C–N with tert-alkyl or cyclic N) is 1. The number of thiophene rings is 1. The Kier molecular flexibility index (Phi) is 6.33. The maximum absolute atomic E-state index is 10.2. The second-order valence-corrected chi connectivity index (χ2v) is 10.6. The molecule has 0 bridgehead atoms. The van der Waals surface area contributed by atoms with Crippen molar-refractivity contribution in [2.45, 2.75) is 52.8 Å². The first-order chi connectivity index (χ1) is 14.2. The lowest BCUT2D eigenvalue weighted by Gasteiger charge is -2.42. The maximum atomic E-state index is 10.2. The maximum Gasteiger partial charge on any atom is 0.146 e. The molecule has 7 nitrogen and oxygen atoms in total. The Morgan fingerprint density at radius 2 is 1.83 bits per heavy atom. The normalized spacial score (nSPS) is 22.2. The van der Waals surface area contributed by atoms with Crippen molar-refractivity contribution in [3.8, 4) is 0 Å². The summed E-state index contributed by atoms with van der Waals surface area (Å²) in [5, 5.41) is 11.4. The lowest BCUT2D eigenvalue weighted by molar-refractivity contribution is 0.0307. The number of fused-ring (bicyclic) bond motifs is 1. The minimum Gasteiger partial charge on any atom is -0.389 e. The number of aryl methyl sites for hydroxylation is 2. The molecule has 1 unspecified atom stereocenters. The minimum absolute atomic E-state index is 0.329. The SMILES string of the molecule is Cc1sc2nc(CN3CCOCC3)nc(N3CCN(CC(C)(C)O)CC3C)c2c1C. The summed E-state index contributed by atoms with van der Waals surface area (Å²) in [6.45, 7) is 18.1. The van der Waals surface area contributed by atoms with Gasteiger partial charge in [0.05, 0.1) is 30.7 Å². The number of ether oxygens (including phenoxy) is 1. The molecule has 0 spiro atoms. The highest BCUT2D eigenvalue weighted by atomic mass is 32.1. The van der Waals surface area contributed by atoms with Gasteiger partial charge >= 0.3 is 0 Å². The number of aromatic nitrogens is 2. The van der Waals surface area contributed by atoms with Gasteiger partial charge in [0, 0.05) is 50.2 Å². The summed E-state index contributed by atoms with van der Waals surface area (Å²) in [7, 11) is 0. The Morgan fingerprint density at radius 1 is 1.10 bits per heavy atom. The molecule has 0 saturated carbocycles. The van der Waals surface area contributed by atoms with Gasteiger partial charge in [-0.15, -0.1) is 11.3 Å². The third kappa shape index (κ3) is 4.78. The zero-order valence-corrected chi connectivity index (χ0v) is 19.8. The monoisotopic (exact) mass is 433 g/mol. The van der Waals surface area contributed by atoms with Crippen molar-refractivity contribution >= 4 is 27.4 Å². The van der Waals surface area contributed by atoms with Crippen LogP contribution in [0, 0.1) is 13.8 Å². The first kappa shape index (κ1) is 21.9. The zero-order chi connectivity index (χ0) is 21.5. The number of nitrogens with zero attached hydrogens (tertiary/aromatic N) is 5. The number of rotatable bonds is 5. The first-order valence-corrected chi connectivity index (χ1v) is 11.8. The molecule has 4 heterocycles. The third-order valence-corrected chi connectivity index (χ3v) is 7.22. The van der Waals surface area contributed by atoms with Gasteiger partial charge < -0.3 is 14.7 Å². The molecule has 2 aromatic heterocycles. The van der Waals surface area contributed by atoms with Gasteiger partial charge in [-0.05, 0) is 40.2 Å². The van der Waals surface area contributed by atoms with Crippen molar-refractivity contribution in [3.63, 3.8) is 0 Å². The molecule has 166 valence electrons. The molecule has 2 aliphatic heterocycles. The van der Waals surface area contributed by atoms with Gasteiger partial charge in [0.15, 0.2) is 0 Å². The van der Waals surface area contributed by atoms with E-state index in [1.165, 1.54) is 15.8 Å². The van der Waals surface area contributed by atoms with Gasteiger partial charge in [-0.2, -0.15) is 0 Å². The van der Waals surface area contributed by atoms with E-state index in [0.717, 1.165) is 69.0 Å². The van der Waals surface area contributed by atoms with Crippen molar-refractivity contribution in [1.29, 1.82) is 0 Å². The minimum atomic E-state index is -0.670. The second kappa shape index (κ2) is 8.67. The second-order valence-electron chi connectivity index (χ2n) is 9.41.